The molecule has 1 saturated heterocycles. The summed E-state index contributed by atoms with van der Waals surface area (Å²) in [7, 11) is 3.17. The second-order valence-electron chi connectivity index (χ2n) is 8.78. The Labute approximate surface area is 209 Å². The maximum Gasteiger partial charge on any atom is 0.416 e. The summed E-state index contributed by atoms with van der Waals surface area (Å²) in [6.07, 6.45) is -4.61. The quantitative estimate of drug-likeness (QED) is 0.382. The van der Waals surface area contributed by atoms with E-state index in [-0.39, 0.29) is 30.0 Å². The molecule has 1 aromatic heterocycles. The number of halogens is 3. The number of imidazole rings is 1. The van der Waals surface area contributed by atoms with Crippen LogP contribution in [0, 0.1) is 12.8 Å². The zero-order chi connectivity index (χ0) is 27.2. The van der Waals surface area contributed by atoms with E-state index in [0.717, 1.165) is 11.0 Å². The van der Waals surface area contributed by atoms with Gasteiger partial charge in [-0.3, -0.25) is 28.5 Å². The zero-order valence-corrected chi connectivity index (χ0v) is 20.6. The fourth-order valence-electron chi connectivity index (χ4n) is 4.54. The van der Waals surface area contributed by atoms with Crippen LogP contribution in [0.15, 0.2) is 41.2 Å². The maximum atomic E-state index is 13.5. The number of aromatic nitrogens is 2. The van der Waals surface area contributed by atoms with Gasteiger partial charge in [-0.15, -0.1) is 0 Å². The van der Waals surface area contributed by atoms with Crippen LogP contribution in [0.3, 0.4) is 0 Å². The van der Waals surface area contributed by atoms with Crippen molar-refractivity contribution in [3.63, 3.8) is 0 Å². The van der Waals surface area contributed by atoms with Gasteiger partial charge in [-0.05, 0) is 49.2 Å². The van der Waals surface area contributed by atoms with E-state index < -0.39 is 42.1 Å². The molecule has 1 fully saturated rings. The van der Waals surface area contributed by atoms with E-state index in [1.807, 2.05) is 0 Å². The van der Waals surface area contributed by atoms with Crippen molar-refractivity contribution in [1.29, 1.82) is 0 Å². The second kappa shape index (κ2) is 9.41. The van der Waals surface area contributed by atoms with Gasteiger partial charge in [-0.1, -0.05) is 12.1 Å². The number of amides is 3. The first-order chi connectivity index (χ1) is 17.4. The van der Waals surface area contributed by atoms with E-state index >= 15 is 0 Å². The lowest BCUT2D eigenvalue weighted by molar-refractivity contribution is -0.154. The van der Waals surface area contributed by atoms with Crippen molar-refractivity contribution in [1.82, 2.24) is 14.0 Å². The predicted molar refractivity (Wildman–Crippen MR) is 128 cm³/mol. The number of aryl methyl sites for hydroxylation is 2. The van der Waals surface area contributed by atoms with Crippen LogP contribution >= 0.6 is 0 Å². The highest BCUT2D eigenvalue weighted by Crippen LogP contribution is 2.34. The molecule has 1 atom stereocenters. The van der Waals surface area contributed by atoms with Gasteiger partial charge in [0.1, 0.15) is 0 Å². The molecular weight excluding hydrogens is 493 g/mol. The predicted octanol–water partition coefficient (Wildman–Crippen LogP) is 3.35. The zero-order valence-electron chi connectivity index (χ0n) is 20.6. The first-order valence-electron chi connectivity index (χ1n) is 11.5. The van der Waals surface area contributed by atoms with Gasteiger partial charge in [0.2, 0.25) is 5.91 Å². The number of esters is 1. The van der Waals surface area contributed by atoms with Crippen LogP contribution in [-0.2, 0) is 41.1 Å². The van der Waals surface area contributed by atoms with Crippen LogP contribution in [0.1, 0.15) is 23.6 Å². The van der Waals surface area contributed by atoms with Crippen molar-refractivity contribution in [2.75, 3.05) is 18.1 Å². The minimum atomic E-state index is -4.61. The molecule has 2 aromatic carbocycles. The monoisotopic (exact) mass is 518 g/mol. The molecule has 0 aliphatic carbocycles. The Kier molecular flexibility index (Phi) is 6.61. The van der Waals surface area contributed by atoms with Crippen molar-refractivity contribution in [3.05, 3.63) is 63.6 Å². The van der Waals surface area contributed by atoms with Crippen molar-refractivity contribution < 1.29 is 32.3 Å². The number of ether oxygens (including phenoxy) is 1. The molecule has 0 N–H and O–H groups in total. The number of nitrogens with zero attached hydrogens (tertiary/aromatic N) is 4. The van der Waals surface area contributed by atoms with Gasteiger partial charge in [-0.25, -0.2) is 9.59 Å². The lowest BCUT2D eigenvalue weighted by atomic mass is 9.99. The molecule has 3 aromatic rings. The Bertz CT molecular complexity index is 1470. The number of imide groups is 1. The van der Waals surface area contributed by atoms with Crippen LogP contribution in [-0.4, -0.2) is 45.1 Å². The minimum absolute atomic E-state index is 0.00137. The van der Waals surface area contributed by atoms with E-state index in [1.54, 1.807) is 39.2 Å². The van der Waals surface area contributed by atoms with Crippen molar-refractivity contribution in [2.45, 2.75) is 26.6 Å². The lowest BCUT2D eigenvalue weighted by Gasteiger charge is -2.38. The third-order valence-electron chi connectivity index (χ3n) is 6.61. The normalized spacial score (nSPS) is 16.6. The lowest BCUT2D eigenvalue weighted by Crippen LogP contribution is -2.58. The van der Waals surface area contributed by atoms with Crippen molar-refractivity contribution in [2.24, 2.45) is 20.0 Å². The summed E-state index contributed by atoms with van der Waals surface area (Å²) >= 11 is 0. The number of anilines is 1. The molecule has 1 unspecified atom stereocenters. The summed E-state index contributed by atoms with van der Waals surface area (Å²) < 4.78 is 48.2. The molecule has 2 heterocycles. The summed E-state index contributed by atoms with van der Waals surface area (Å²) in [4.78, 5) is 53.7. The highest BCUT2D eigenvalue weighted by Gasteiger charge is 2.44. The number of carbonyl (C=O) groups excluding carboxylic acids is 3. The van der Waals surface area contributed by atoms with E-state index in [2.05, 4.69) is 0 Å². The molecule has 0 radical (unpaired) electrons. The average Bonchev–Trinajstić information content (AvgIpc) is 3.05. The fourth-order valence-corrected chi connectivity index (χ4v) is 4.54. The highest BCUT2D eigenvalue weighted by atomic mass is 19.4. The SMILES string of the molecule is CCOC(=O)C1CN(c2ccc3c(c2)n(C)c(=O)n3C)C(=O)N(Cc2cccc(C(F)(F)F)c2C)C1=O. The number of alkyl halides is 3. The third kappa shape index (κ3) is 4.47. The topological polar surface area (TPSA) is 93.8 Å². The molecule has 0 saturated carbocycles. The number of hydrogen-bond donors (Lipinski definition) is 0. The Morgan fingerprint density at radius 1 is 1.05 bits per heavy atom. The summed E-state index contributed by atoms with van der Waals surface area (Å²) in [5.74, 6) is -3.08. The largest absolute Gasteiger partial charge is 0.465 e. The second-order valence-corrected chi connectivity index (χ2v) is 8.78. The maximum absolute atomic E-state index is 13.5. The number of fused-ring (bicyclic) bond motifs is 1. The first kappa shape index (κ1) is 26.0. The van der Waals surface area contributed by atoms with Crippen LogP contribution in [0.5, 0.6) is 0 Å². The molecule has 1 aliphatic rings. The van der Waals surface area contributed by atoms with Crippen LogP contribution in [0.4, 0.5) is 23.7 Å². The van der Waals surface area contributed by atoms with Gasteiger partial charge in [0.25, 0.3) is 0 Å². The number of carbonyl (C=O) groups is 3. The molecule has 37 heavy (non-hydrogen) atoms. The molecular formula is C25H25F3N4O5. The van der Waals surface area contributed by atoms with Crippen molar-refractivity contribution in [3.8, 4) is 0 Å². The van der Waals surface area contributed by atoms with Crippen LogP contribution in [0.2, 0.25) is 0 Å². The average molecular weight is 518 g/mol. The van der Waals surface area contributed by atoms with Gasteiger partial charge < -0.3 is 4.74 Å². The molecule has 0 bridgehead atoms. The van der Waals surface area contributed by atoms with Crippen molar-refractivity contribution >= 4 is 34.6 Å². The van der Waals surface area contributed by atoms with E-state index in [4.69, 9.17) is 4.74 Å². The Morgan fingerprint density at radius 3 is 2.38 bits per heavy atom. The smallest absolute Gasteiger partial charge is 0.416 e. The minimum Gasteiger partial charge on any atom is -0.465 e. The van der Waals surface area contributed by atoms with Crippen LogP contribution < -0.4 is 10.6 Å². The molecule has 196 valence electrons. The molecule has 4 rings (SSSR count). The summed E-state index contributed by atoms with van der Waals surface area (Å²) in [5.41, 5.74) is 0.265. The Morgan fingerprint density at radius 2 is 1.73 bits per heavy atom. The van der Waals surface area contributed by atoms with Gasteiger partial charge in [0.05, 0.1) is 36.3 Å². The number of benzene rings is 2. The summed E-state index contributed by atoms with van der Waals surface area (Å²) in [5, 5.41) is 0. The van der Waals surface area contributed by atoms with Gasteiger partial charge in [0.15, 0.2) is 5.92 Å². The fraction of sp³-hybridized carbons (Fsp3) is 0.360. The molecule has 0 spiro atoms. The molecule has 3 amide bonds. The number of hydrogen-bond acceptors (Lipinski definition) is 5. The van der Waals surface area contributed by atoms with E-state index in [0.29, 0.717) is 16.7 Å². The third-order valence-corrected chi connectivity index (χ3v) is 6.61. The first-order valence-corrected chi connectivity index (χ1v) is 11.5. The Hall–Kier alpha value is -4.09. The summed E-state index contributed by atoms with van der Waals surface area (Å²) in [6.45, 7) is 2.05. The standard InChI is InChI=1S/C25H25F3N4O5/c1-5-37-22(34)17-13-31(16-9-10-19-20(11-16)30(4)23(35)29(19)3)24(36)32(21(17)33)12-15-7-6-8-18(14(15)2)25(26,27)28/h6-11,17H,5,12-13H2,1-4H3. The molecule has 9 nitrogen and oxygen atoms in total. The number of rotatable bonds is 5. The van der Waals surface area contributed by atoms with Gasteiger partial charge in [-0.2, -0.15) is 13.2 Å². The summed E-state index contributed by atoms with van der Waals surface area (Å²) in [6, 6.07) is 7.51. The molecule has 12 heteroatoms. The van der Waals surface area contributed by atoms with E-state index in [1.165, 1.54) is 33.1 Å². The molecule has 1 aliphatic heterocycles. The number of urea groups is 1. The van der Waals surface area contributed by atoms with Gasteiger partial charge in [0, 0.05) is 19.8 Å². The van der Waals surface area contributed by atoms with Crippen LogP contribution in [0.25, 0.3) is 11.0 Å². The Balaban J connectivity index is 1.78. The van der Waals surface area contributed by atoms with E-state index in [9.17, 15) is 32.3 Å². The van der Waals surface area contributed by atoms with Gasteiger partial charge >= 0.3 is 23.9 Å². The highest BCUT2D eigenvalue weighted by molar-refractivity contribution is 6.12.